The fourth-order valence-corrected chi connectivity index (χ4v) is 3.15. The molecule has 0 aromatic heterocycles. The topological polar surface area (TPSA) is 32.3 Å². The highest BCUT2D eigenvalue weighted by molar-refractivity contribution is 6.32. The van der Waals surface area contributed by atoms with Crippen molar-refractivity contribution in [2.75, 3.05) is 23.3 Å². The Labute approximate surface area is 152 Å². The van der Waals surface area contributed by atoms with Gasteiger partial charge in [-0.2, -0.15) is 0 Å². The number of carbonyl (C=O) groups excluding carboxylic acids is 1. The molecule has 0 bridgehead atoms. The molecule has 1 aliphatic rings. The summed E-state index contributed by atoms with van der Waals surface area (Å²) in [5, 5.41) is 3.04. The number of nitrogens with one attached hydrogen (secondary N) is 1. The molecule has 1 heterocycles. The van der Waals surface area contributed by atoms with Gasteiger partial charge >= 0.3 is 0 Å². The first-order chi connectivity index (χ1) is 12.1. The highest BCUT2D eigenvalue weighted by Crippen LogP contribution is 2.22. The van der Waals surface area contributed by atoms with Crippen molar-refractivity contribution in [3.8, 4) is 0 Å². The molecule has 0 unspecified atom stereocenters. The Kier molecular flexibility index (Phi) is 5.71. The molecule has 3 rings (SSSR count). The quantitative estimate of drug-likeness (QED) is 0.769. The van der Waals surface area contributed by atoms with E-state index in [9.17, 15) is 9.18 Å². The number of benzene rings is 2. The van der Waals surface area contributed by atoms with E-state index in [1.807, 2.05) is 24.3 Å². The van der Waals surface area contributed by atoms with Crippen LogP contribution < -0.4 is 10.2 Å². The van der Waals surface area contributed by atoms with E-state index < -0.39 is 5.82 Å². The van der Waals surface area contributed by atoms with Crippen LogP contribution in [0.5, 0.6) is 0 Å². The van der Waals surface area contributed by atoms with E-state index in [4.69, 9.17) is 11.6 Å². The normalized spacial score (nSPS) is 14.7. The second kappa shape index (κ2) is 8.17. The van der Waals surface area contributed by atoms with Crippen molar-refractivity contribution in [1.29, 1.82) is 0 Å². The van der Waals surface area contributed by atoms with Crippen LogP contribution in [0, 0.1) is 5.82 Å². The minimum Gasteiger partial charge on any atom is -0.372 e. The van der Waals surface area contributed by atoms with E-state index in [2.05, 4.69) is 10.2 Å². The van der Waals surface area contributed by atoms with Gasteiger partial charge in [-0.1, -0.05) is 17.7 Å². The van der Waals surface area contributed by atoms with Gasteiger partial charge in [-0.05, 0) is 61.7 Å². The van der Waals surface area contributed by atoms with Crippen LogP contribution in [0.3, 0.4) is 0 Å². The van der Waals surface area contributed by atoms with Crippen molar-refractivity contribution in [2.24, 2.45) is 0 Å². The Hall–Kier alpha value is -2.33. The smallest absolute Gasteiger partial charge is 0.248 e. The zero-order valence-electron chi connectivity index (χ0n) is 13.8. The van der Waals surface area contributed by atoms with Gasteiger partial charge in [0.1, 0.15) is 5.82 Å². The van der Waals surface area contributed by atoms with Crippen LogP contribution in [0.15, 0.2) is 48.5 Å². The Morgan fingerprint density at radius 1 is 1.08 bits per heavy atom. The van der Waals surface area contributed by atoms with E-state index in [-0.39, 0.29) is 16.5 Å². The molecule has 5 heteroatoms. The van der Waals surface area contributed by atoms with Crippen LogP contribution in [0.25, 0.3) is 6.08 Å². The fourth-order valence-electron chi connectivity index (χ4n) is 2.92. The first-order valence-electron chi connectivity index (χ1n) is 8.41. The lowest BCUT2D eigenvalue weighted by molar-refractivity contribution is -0.111. The highest BCUT2D eigenvalue weighted by Gasteiger charge is 2.10. The number of hydrogen-bond donors (Lipinski definition) is 1. The summed E-state index contributed by atoms with van der Waals surface area (Å²) >= 11 is 5.94. The average molecular weight is 359 g/mol. The van der Waals surface area contributed by atoms with E-state index in [0.717, 1.165) is 13.1 Å². The van der Waals surface area contributed by atoms with Gasteiger partial charge in [0.2, 0.25) is 5.91 Å². The first kappa shape index (κ1) is 17.5. The molecule has 1 amide bonds. The van der Waals surface area contributed by atoms with Crippen molar-refractivity contribution < 1.29 is 9.18 Å². The molecule has 2 aromatic rings. The molecule has 3 nitrogen and oxygen atoms in total. The lowest BCUT2D eigenvalue weighted by Crippen LogP contribution is -2.29. The number of amides is 1. The van der Waals surface area contributed by atoms with Crippen LogP contribution in [-0.4, -0.2) is 19.0 Å². The molecular weight excluding hydrogens is 339 g/mol. The third-order valence-electron chi connectivity index (χ3n) is 4.26. The molecule has 130 valence electrons. The van der Waals surface area contributed by atoms with E-state index in [1.165, 1.54) is 49.2 Å². The zero-order chi connectivity index (χ0) is 17.6. The number of piperidine rings is 1. The Bertz CT molecular complexity index is 748. The maximum absolute atomic E-state index is 13.7. The molecule has 0 aliphatic carbocycles. The van der Waals surface area contributed by atoms with Crippen LogP contribution in [0.2, 0.25) is 5.02 Å². The average Bonchev–Trinajstić information content (AvgIpc) is 2.63. The Morgan fingerprint density at radius 2 is 1.80 bits per heavy atom. The SMILES string of the molecule is O=C(/C=C/c1c(F)cccc1Cl)Nc1ccc(N2CCCCC2)cc1. The van der Waals surface area contributed by atoms with Crippen LogP contribution in [0.4, 0.5) is 15.8 Å². The lowest BCUT2D eigenvalue weighted by Gasteiger charge is -2.28. The third-order valence-corrected chi connectivity index (χ3v) is 4.59. The Balaban J connectivity index is 1.62. The monoisotopic (exact) mass is 358 g/mol. The largest absolute Gasteiger partial charge is 0.372 e. The van der Waals surface area contributed by atoms with Crippen molar-refractivity contribution in [3.63, 3.8) is 0 Å². The zero-order valence-corrected chi connectivity index (χ0v) is 14.6. The fraction of sp³-hybridized carbons (Fsp3) is 0.250. The van der Waals surface area contributed by atoms with E-state index in [1.54, 1.807) is 6.07 Å². The number of rotatable bonds is 4. The number of carbonyl (C=O) groups is 1. The second-order valence-electron chi connectivity index (χ2n) is 6.05. The molecule has 0 spiro atoms. The summed E-state index contributed by atoms with van der Waals surface area (Å²) in [7, 11) is 0. The minimum atomic E-state index is -0.456. The Morgan fingerprint density at radius 3 is 2.48 bits per heavy atom. The van der Waals surface area contributed by atoms with E-state index >= 15 is 0 Å². The molecular formula is C20H20ClFN2O. The molecule has 1 saturated heterocycles. The molecule has 25 heavy (non-hydrogen) atoms. The second-order valence-corrected chi connectivity index (χ2v) is 6.46. The number of nitrogens with zero attached hydrogens (tertiary/aromatic N) is 1. The number of anilines is 2. The van der Waals surface area contributed by atoms with Gasteiger partial charge in [-0.3, -0.25) is 4.79 Å². The van der Waals surface area contributed by atoms with Gasteiger partial charge in [-0.25, -0.2) is 4.39 Å². The maximum atomic E-state index is 13.7. The van der Waals surface area contributed by atoms with Crippen LogP contribution >= 0.6 is 11.6 Å². The molecule has 0 saturated carbocycles. The van der Waals surface area contributed by atoms with Gasteiger partial charge in [-0.15, -0.1) is 0 Å². The molecule has 1 fully saturated rings. The molecule has 1 N–H and O–H groups in total. The summed E-state index contributed by atoms with van der Waals surface area (Å²) < 4.78 is 13.7. The summed E-state index contributed by atoms with van der Waals surface area (Å²) in [6.45, 7) is 2.16. The van der Waals surface area contributed by atoms with Crippen molar-refractivity contribution in [1.82, 2.24) is 0 Å². The summed E-state index contributed by atoms with van der Waals surface area (Å²) in [6, 6.07) is 12.2. The first-order valence-corrected chi connectivity index (χ1v) is 8.79. The number of hydrogen-bond acceptors (Lipinski definition) is 2. The number of halogens is 2. The standard InChI is InChI=1S/C20H20ClFN2O/c21-18-5-4-6-19(22)17(18)11-12-20(25)23-15-7-9-16(10-8-15)24-13-2-1-3-14-24/h4-12H,1-3,13-14H2,(H,23,25)/b12-11+. The predicted molar refractivity (Wildman–Crippen MR) is 102 cm³/mol. The third kappa shape index (κ3) is 4.60. The predicted octanol–water partition coefficient (Wildman–Crippen LogP) is 5.12. The van der Waals surface area contributed by atoms with Gasteiger partial charge in [0.25, 0.3) is 0 Å². The maximum Gasteiger partial charge on any atom is 0.248 e. The minimum absolute atomic E-state index is 0.208. The van der Waals surface area contributed by atoms with Crippen molar-refractivity contribution >= 4 is 35.0 Å². The summed E-state index contributed by atoms with van der Waals surface area (Å²) in [5.41, 5.74) is 2.08. The van der Waals surface area contributed by atoms with Gasteiger partial charge in [0.15, 0.2) is 0 Å². The van der Waals surface area contributed by atoms with Gasteiger partial charge < -0.3 is 10.2 Å². The van der Waals surface area contributed by atoms with Crippen LogP contribution in [-0.2, 0) is 4.79 Å². The highest BCUT2D eigenvalue weighted by atomic mass is 35.5. The van der Waals surface area contributed by atoms with Crippen molar-refractivity contribution in [3.05, 3.63) is 64.9 Å². The molecule has 0 radical (unpaired) electrons. The molecule has 2 aromatic carbocycles. The summed E-state index contributed by atoms with van der Waals surface area (Å²) in [5.74, 6) is -0.785. The van der Waals surface area contributed by atoms with Gasteiger partial charge in [0, 0.05) is 36.1 Å². The van der Waals surface area contributed by atoms with Gasteiger partial charge in [0.05, 0.1) is 5.02 Å². The molecule has 0 atom stereocenters. The lowest BCUT2D eigenvalue weighted by atomic mass is 10.1. The van der Waals surface area contributed by atoms with E-state index in [0.29, 0.717) is 5.69 Å². The molecule has 1 aliphatic heterocycles. The van der Waals surface area contributed by atoms with Crippen LogP contribution in [0.1, 0.15) is 24.8 Å². The summed E-state index contributed by atoms with van der Waals surface area (Å²) in [4.78, 5) is 14.4. The summed E-state index contributed by atoms with van der Waals surface area (Å²) in [6.07, 6.45) is 6.41. The van der Waals surface area contributed by atoms with Crippen molar-refractivity contribution in [2.45, 2.75) is 19.3 Å².